The Morgan fingerprint density at radius 2 is 1.79 bits per heavy atom. The topological polar surface area (TPSA) is 91.3 Å². The van der Waals surface area contributed by atoms with Crippen LogP contribution in [0.2, 0.25) is 0 Å². The minimum atomic E-state index is -4.07. The molecule has 0 spiro atoms. The molecular weight excluding hydrogens is 396 g/mol. The second-order valence-corrected chi connectivity index (χ2v) is 8.49. The fourth-order valence-electron chi connectivity index (χ4n) is 3.16. The first-order valence-electron chi connectivity index (χ1n) is 9.37. The molecule has 0 saturated carbocycles. The number of hydrogen-bond donors (Lipinski definition) is 1. The fourth-order valence-corrected chi connectivity index (χ4v) is 4.28. The summed E-state index contributed by atoms with van der Waals surface area (Å²) in [5.74, 6) is 0. The molecule has 8 heteroatoms. The van der Waals surface area contributed by atoms with Crippen molar-refractivity contribution >= 4 is 10.1 Å². The summed E-state index contributed by atoms with van der Waals surface area (Å²) >= 11 is 0. The number of rotatable bonds is 8. The zero-order valence-corrected chi connectivity index (χ0v) is 17.2. The zero-order valence-electron chi connectivity index (χ0n) is 16.4. The monoisotopic (exact) mass is 422 g/mol. The summed E-state index contributed by atoms with van der Waals surface area (Å²) in [7, 11) is -2.59. The molecule has 0 aromatic heterocycles. The Labute approximate surface area is 171 Å². The molecule has 3 rings (SSSR count). The lowest BCUT2D eigenvalue weighted by Crippen LogP contribution is -2.53. The molecule has 0 amide bonds. The summed E-state index contributed by atoms with van der Waals surface area (Å²) in [5.41, 5.74) is 1.87. The molecule has 1 fully saturated rings. The highest BCUT2D eigenvalue weighted by Crippen LogP contribution is 2.29. The van der Waals surface area contributed by atoms with Crippen molar-refractivity contribution in [3.63, 3.8) is 0 Å². The van der Waals surface area contributed by atoms with Crippen LogP contribution in [0.25, 0.3) is 0 Å². The summed E-state index contributed by atoms with van der Waals surface area (Å²) in [5, 5.41) is 9.77. The summed E-state index contributed by atoms with van der Waals surface area (Å²) in [6.07, 6.45) is -2.93. The molecule has 2 aromatic carbocycles. The Bertz CT molecular complexity index is 868. The van der Waals surface area contributed by atoms with Crippen molar-refractivity contribution < 1.29 is 31.9 Å². The maximum absolute atomic E-state index is 12.8. The number of aliphatic hydroxyl groups is 1. The highest BCUT2D eigenvalue weighted by molar-refractivity contribution is 7.86. The van der Waals surface area contributed by atoms with Crippen LogP contribution in [0, 0.1) is 6.92 Å². The van der Waals surface area contributed by atoms with Crippen LogP contribution in [0.4, 0.5) is 0 Å². The second-order valence-electron chi connectivity index (χ2n) is 6.92. The molecule has 0 bridgehead atoms. The summed E-state index contributed by atoms with van der Waals surface area (Å²) in [6.45, 7) is 1.70. The predicted octanol–water partition coefficient (Wildman–Crippen LogP) is 2.41. The largest absolute Gasteiger partial charge is 0.394 e. The van der Waals surface area contributed by atoms with Crippen LogP contribution in [0.1, 0.15) is 17.5 Å². The molecule has 158 valence electrons. The van der Waals surface area contributed by atoms with E-state index in [1.807, 2.05) is 37.3 Å². The average Bonchev–Trinajstić information content (AvgIpc) is 2.73. The number of ether oxygens (including phenoxy) is 3. The van der Waals surface area contributed by atoms with Crippen molar-refractivity contribution in [3.05, 3.63) is 65.7 Å². The molecule has 0 aliphatic carbocycles. The fraction of sp³-hybridized carbons (Fsp3) is 0.429. The molecule has 1 N–H and O–H groups in total. The molecule has 1 heterocycles. The molecule has 0 radical (unpaired) electrons. The van der Waals surface area contributed by atoms with E-state index in [4.69, 9.17) is 18.4 Å². The van der Waals surface area contributed by atoms with E-state index in [9.17, 15) is 13.5 Å². The number of aryl methyl sites for hydroxylation is 1. The Morgan fingerprint density at radius 1 is 1.10 bits per heavy atom. The van der Waals surface area contributed by atoms with E-state index in [1.165, 1.54) is 19.2 Å². The van der Waals surface area contributed by atoms with Crippen molar-refractivity contribution in [3.8, 4) is 0 Å². The van der Waals surface area contributed by atoms with Gasteiger partial charge in [0.2, 0.25) is 0 Å². The third-order valence-corrected chi connectivity index (χ3v) is 6.11. The van der Waals surface area contributed by atoms with Gasteiger partial charge in [0, 0.05) is 13.5 Å². The van der Waals surface area contributed by atoms with Gasteiger partial charge in [-0.15, -0.1) is 0 Å². The number of methoxy groups -OCH3 is 1. The van der Waals surface area contributed by atoms with Gasteiger partial charge in [0.05, 0.1) is 24.2 Å². The molecule has 1 saturated heterocycles. The van der Waals surface area contributed by atoms with Crippen LogP contribution in [-0.2, 0) is 35.1 Å². The zero-order chi connectivity index (χ0) is 20.9. The van der Waals surface area contributed by atoms with Crippen molar-refractivity contribution in [1.82, 2.24) is 0 Å². The third kappa shape index (κ3) is 5.63. The Balaban J connectivity index is 1.81. The number of benzene rings is 2. The molecule has 0 unspecified atom stereocenters. The van der Waals surface area contributed by atoms with Gasteiger partial charge >= 0.3 is 0 Å². The summed E-state index contributed by atoms with van der Waals surface area (Å²) < 4.78 is 48.0. The van der Waals surface area contributed by atoms with Crippen molar-refractivity contribution in [2.45, 2.75) is 49.4 Å². The van der Waals surface area contributed by atoms with Gasteiger partial charge in [-0.05, 0) is 24.6 Å². The Hall–Kier alpha value is -1.81. The van der Waals surface area contributed by atoms with Crippen LogP contribution in [-0.4, -0.2) is 51.8 Å². The van der Waals surface area contributed by atoms with Crippen LogP contribution >= 0.6 is 0 Å². The molecule has 7 nitrogen and oxygen atoms in total. The molecule has 1 aliphatic heterocycles. The highest BCUT2D eigenvalue weighted by atomic mass is 32.2. The summed E-state index contributed by atoms with van der Waals surface area (Å²) in [4.78, 5) is 0.0375. The Morgan fingerprint density at radius 3 is 2.41 bits per heavy atom. The van der Waals surface area contributed by atoms with Gasteiger partial charge in [0.25, 0.3) is 10.1 Å². The number of hydrogen-bond acceptors (Lipinski definition) is 7. The first kappa shape index (κ1) is 21.9. The van der Waals surface area contributed by atoms with Gasteiger partial charge in [-0.2, -0.15) is 8.42 Å². The second kappa shape index (κ2) is 9.80. The minimum Gasteiger partial charge on any atom is -0.394 e. The van der Waals surface area contributed by atoms with E-state index in [1.54, 1.807) is 12.1 Å². The van der Waals surface area contributed by atoms with Crippen molar-refractivity contribution in [2.24, 2.45) is 0 Å². The van der Waals surface area contributed by atoms with Crippen LogP contribution in [0.3, 0.4) is 0 Å². The van der Waals surface area contributed by atoms with Gasteiger partial charge < -0.3 is 19.3 Å². The third-order valence-electron chi connectivity index (χ3n) is 4.78. The molecule has 1 aliphatic rings. The van der Waals surface area contributed by atoms with Gasteiger partial charge in [-0.1, -0.05) is 48.0 Å². The van der Waals surface area contributed by atoms with E-state index in [-0.39, 0.29) is 17.9 Å². The van der Waals surface area contributed by atoms with Gasteiger partial charge in [0.15, 0.2) is 6.29 Å². The lowest BCUT2D eigenvalue weighted by molar-refractivity contribution is -0.252. The van der Waals surface area contributed by atoms with E-state index in [0.717, 1.165) is 11.1 Å². The van der Waals surface area contributed by atoms with E-state index >= 15 is 0 Å². The van der Waals surface area contributed by atoms with Gasteiger partial charge in [0.1, 0.15) is 12.2 Å². The average molecular weight is 422 g/mol. The lowest BCUT2D eigenvalue weighted by Gasteiger charge is -2.39. The SMILES string of the molecule is CO[C@@H]1C[C@H](OCc2ccccc2)[C@H](OS(=O)(=O)c2ccc(C)cc2)[C@@H](CO)O1. The Kier molecular flexibility index (Phi) is 7.39. The standard InChI is InChI=1S/C21H26O7S/c1-15-8-10-17(11-9-15)29(23,24)28-21-18(12-20(25-2)27-19(21)13-22)26-14-16-6-4-3-5-7-16/h3-11,18-22H,12-14H2,1-2H3/t18-,19+,20-,21-/m0/s1. The van der Waals surface area contributed by atoms with Crippen molar-refractivity contribution in [1.29, 1.82) is 0 Å². The maximum atomic E-state index is 12.8. The lowest BCUT2D eigenvalue weighted by atomic mass is 10.0. The van der Waals surface area contributed by atoms with Gasteiger partial charge in [-0.3, -0.25) is 4.18 Å². The first-order valence-corrected chi connectivity index (χ1v) is 10.8. The maximum Gasteiger partial charge on any atom is 0.297 e. The predicted molar refractivity (Wildman–Crippen MR) is 106 cm³/mol. The quantitative estimate of drug-likeness (QED) is 0.653. The van der Waals surface area contributed by atoms with Gasteiger partial charge in [-0.25, -0.2) is 0 Å². The summed E-state index contributed by atoms with van der Waals surface area (Å²) in [6, 6.07) is 15.9. The molecule has 4 atom stereocenters. The highest BCUT2D eigenvalue weighted by Gasteiger charge is 2.43. The van der Waals surface area contributed by atoms with Crippen LogP contribution in [0.15, 0.2) is 59.5 Å². The van der Waals surface area contributed by atoms with Crippen molar-refractivity contribution in [2.75, 3.05) is 13.7 Å². The normalized spacial score (nSPS) is 25.1. The smallest absolute Gasteiger partial charge is 0.297 e. The number of aliphatic hydroxyl groups excluding tert-OH is 1. The van der Waals surface area contributed by atoms with E-state index in [0.29, 0.717) is 0 Å². The first-order chi connectivity index (χ1) is 13.9. The van der Waals surface area contributed by atoms with E-state index < -0.39 is 41.3 Å². The molecule has 29 heavy (non-hydrogen) atoms. The van der Waals surface area contributed by atoms with Crippen LogP contribution in [0.5, 0.6) is 0 Å². The molecule has 2 aromatic rings. The minimum absolute atomic E-state index is 0.0375. The van der Waals surface area contributed by atoms with E-state index in [2.05, 4.69) is 0 Å². The van der Waals surface area contributed by atoms with Crippen LogP contribution < -0.4 is 0 Å². The molecular formula is C21H26O7S.